The highest BCUT2D eigenvalue weighted by Gasteiger charge is 2.38. The number of nitrogens with zero attached hydrogens (tertiary/aromatic N) is 1. The Balaban J connectivity index is 1.87. The molecule has 224 valence electrons. The van der Waals surface area contributed by atoms with E-state index in [0.29, 0.717) is 30.7 Å². The van der Waals surface area contributed by atoms with Gasteiger partial charge in [0, 0.05) is 31.6 Å². The predicted molar refractivity (Wildman–Crippen MR) is 141 cm³/mol. The van der Waals surface area contributed by atoms with Gasteiger partial charge in [0.15, 0.2) is 0 Å². The maximum Gasteiger partial charge on any atom is 0.416 e. The van der Waals surface area contributed by atoms with Crippen molar-refractivity contribution < 1.29 is 40.7 Å². The summed E-state index contributed by atoms with van der Waals surface area (Å²) >= 11 is 12.1. The molecule has 0 spiro atoms. The molecule has 1 heterocycles. The minimum absolute atomic E-state index is 0.0201. The molecule has 0 bridgehead atoms. The molecule has 3 rings (SSSR count). The van der Waals surface area contributed by atoms with Crippen LogP contribution in [-0.2, 0) is 28.4 Å². The summed E-state index contributed by atoms with van der Waals surface area (Å²) in [5, 5.41) is 5.80. The third-order valence-corrected chi connectivity index (χ3v) is 7.47. The van der Waals surface area contributed by atoms with E-state index in [9.17, 15) is 40.7 Å². The third kappa shape index (κ3) is 9.00. The van der Waals surface area contributed by atoms with E-state index in [1.165, 1.54) is 19.2 Å². The van der Waals surface area contributed by atoms with E-state index in [4.69, 9.17) is 23.2 Å². The number of benzene rings is 2. The van der Waals surface area contributed by atoms with Crippen LogP contribution in [0.15, 0.2) is 36.4 Å². The molecule has 1 aliphatic heterocycles. The van der Waals surface area contributed by atoms with Gasteiger partial charge in [0.2, 0.25) is 11.8 Å². The van der Waals surface area contributed by atoms with Crippen molar-refractivity contribution in [1.82, 2.24) is 15.5 Å². The smallest absolute Gasteiger partial charge is 0.354 e. The number of alkyl halides is 6. The van der Waals surface area contributed by atoms with Crippen LogP contribution in [-0.4, -0.2) is 48.3 Å². The molecule has 0 aromatic heterocycles. The lowest BCUT2D eigenvalue weighted by atomic mass is 9.98. The fourth-order valence-corrected chi connectivity index (χ4v) is 4.78. The summed E-state index contributed by atoms with van der Waals surface area (Å²) in [6.07, 6.45) is -8.47. The number of hydrogen-bond acceptors (Lipinski definition) is 3. The fourth-order valence-electron chi connectivity index (χ4n) is 4.46. The zero-order chi connectivity index (χ0) is 30.5. The first-order chi connectivity index (χ1) is 19.1. The molecule has 2 atom stereocenters. The van der Waals surface area contributed by atoms with Gasteiger partial charge >= 0.3 is 12.4 Å². The number of carbonyl (C=O) groups is 3. The highest BCUT2D eigenvalue weighted by atomic mass is 35.5. The number of nitrogens with one attached hydrogen (secondary N) is 2. The molecule has 0 unspecified atom stereocenters. The van der Waals surface area contributed by atoms with Crippen LogP contribution in [0.2, 0.25) is 10.0 Å². The lowest BCUT2D eigenvalue weighted by molar-refractivity contribution is -0.143. The van der Waals surface area contributed by atoms with Crippen molar-refractivity contribution in [1.29, 1.82) is 0 Å². The van der Waals surface area contributed by atoms with Gasteiger partial charge in [0.1, 0.15) is 6.04 Å². The second kappa shape index (κ2) is 13.3. The first-order valence-electron chi connectivity index (χ1n) is 12.6. The SMILES string of the molecule is CN(C(=O)c1cc(C(F)(F)F)cc(C(F)(F)F)c1)[C@@H](CCC(=O)N[C@@H]1CCCCNC1=O)Cc1ccc(Cl)c(Cl)c1. The Bertz CT molecular complexity index is 1250. The van der Waals surface area contributed by atoms with Gasteiger partial charge in [-0.2, -0.15) is 26.3 Å². The zero-order valence-electron chi connectivity index (χ0n) is 21.8. The Morgan fingerprint density at radius 3 is 2.22 bits per heavy atom. The maximum atomic E-state index is 13.4. The molecule has 3 amide bonds. The van der Waals surface area contributed by atoms with Crippen LogP contribution < -0.4 is 10.6 Å². The van der Waals surface area contributed by atoms with E-state index < -0.39 is 52.9 Å². The summed E-state index contributed by atoms with van der Waals surface area (Å²) in [6.45, 7) is 0.495. The predicted octanol–water partition coefficient (Wildman–Crippen LogP) is 6.28. The Kier molecular flexibility index (Phi) is 10.6. The van der Waals surface area contributed by atoms with Crippen LogP contribution >= 0.6 is 23.2 Å². The van der Waals surface area contributed by atoms with Gasteiger partial charge in [-0.05, 0) is 68.0 Å². The molecule has 41 heavy (non-hydrogen) atoms. The number of rotatable bonds is 8. The average Bonchev–Trinajstić information content (AvgIpc) is 3.10. The van der Waals surface area contributed by atoms with Crippen molar-refractivity contribution in [3.8, 4) is 0 Å². The average molecular weight is 626 g/mol. The first kappa shape index (κ1) is 32.5. The number of likely N-dealkylation sites (N-methyl/N-ethyl adjacent to an activating group) is 1. The second-order valence-corrected chi connectivity index (χ2v) is 10.6. The van der Waals surface area contributed by atoms with Crippen LogP contribution in [0.3, 0.4) is 0 Å². The topological polar surface area (TPSA) is 78.5 Å². The number of halogens is 8. The van der Waals surface area contributed by atoms with E-state index in [2.05, 4.69) is 10.6 Å². The monoisotopic (exact) mass is 625 g/mol. The summed E-state index contributed by atoms with van der Waals surface area (Å²) < 4.78 is 80.3. The van der Waals surface area contributed by atoms with Gasteiger partial charge in [-0.3, -0.25) is 14.4 Å². The third-order valence-electron chi connectivity index (χ3n) is 6.73. The van der Waals surface area contributed by atoms with Crippen molar-refractivity contribution in [2.75, 3.05) is 13.6 Å². The van der Waals surface area contributed by atoms with Crippen LogP contribution in [0.1, 0.15) is 59.2 Å². The van der Waals surface area contributed by atoms with Gasteiger partial charge < -0.3 is 15.5 Å². The molecule has 0 aliphatic carbocycles. The van der Waals surface area contributed by atoms with Crippen molar-refractivity contribution in [3.63, 3.8) is 0 Å². The Labute approximate surface area is 242 Å². The van der Waals surface area contributed by atoms with Gasteiger partial charge in [-0.1, -0.05) is 29.3 Å². The van der Waals surface area contributed by atoms with Crippen molar-refractivity contribution in [2.45, 2.75) is 63.0 Å². The molecule has 1 fully saturated rings. The lowest BCUT2D eigenvalue weighted by Gasteiger charge is -2.29. The second-order valence-electron chi connectivity index (χ2n) is 9.76. The Morgan fingerprint density at radius 2 is 1.63 bits per heavy atom. The van der Waals surface area contributed by atoms with Gasteiger partial charge in [0.05, 0.1) is 21.2 Å². The fraction of sp³-hybridized carbons (Fsp3) is 0.444. The van der Waals surface area contributed by atoms with Gasteiger partial charge in [0.25, 0.3) is 5.91 Å². The zero-order valence-corrected chi connectivity index (χ0v) is 23.3. The number of amides is 3. The summed E-state index contributed by atoms with van der Waals surface area (Å²) in [5.74, 6) is -1.92. The van der Waals surface area contributed by atoms with E-state index in [1.54, 1.807) is 6.07 Å². The minimum atomic E-state index is -5.13. The molecular formula is C27H27Cl2F6N3O3. The largest absolute Gasteiger partial charge is 0.416 e. The highest BCUT2D eigenvalue weighted by Crippen LogP contribution is 2.37. The van der Waals surface area contributed by atoms with E-state index in [0.717, 1.165) is 17.7 Å². The van der Waals surface area contributed by atoms with Gasteiger partial charge in [-0.15, -0.1) is 0 Å². The summed E-state index contributed by atoms with van der Waals surface area (Å²) in [4.78, 5) is 39.2. The van der Waals surface area contributed by atoms with Crippen LogP contribution in [0.4, 0.5) is 26.3 Å². The van der Waals surface area contributed by atoms with E-state index in [1.807, 2.05) is 0 Å². The van der Waals surface area contributed by atoms with Crippen LogP contribution in [0, 0.1) is 0 Å². The Morgan fingerprint density at radius 1 is 1.00 bits per heavy atom. The summed E-state index contributed by atoms with van der Waals surface area (Å²) in [5.41, 5.74) is -3.49. The molecule has 6 nitrogen and oxygen atoms in total. The highest BCUT2D eigenvalue weighted by molar-refractivity contribution is 6.42. The molecular weight excluding hydrogens is 599 g/mol. The van der Waals surface area contributed by atoms with E-state index in [-0.39, 0.29) is 41.3 Å². The Hall–Kier alpha value is -2.99. The minimum Gasteiger partial charge on any atom is -0.354 e. The molecule has 14 heteroatoms. The summed E-state index contributed by atoms with van der Waals surface area (Å²) in [6, 6.07) is 3.69. The van der Waals surface area contributed by atoms with Crippen molar-refractivity contribution in [3.05, 3.63) is 68.7 Å². The lowest BCUT2D eigenvalue weighted by Crippen LogP contribution is -2.46. The molecule has 1 saturated heterocycles. The number of hydrogen-bond donors (Lipinski definition) is 2. The molecule has 1 aliphatic rings. The van der Waals surface area contributed by atoms with Crippen LogP contribution in [0.5, 0.6) is 0 Å². The number of carbonyl (C=O) groups excluding carboxylic acids is 3. The molecule has 2 aromatic rings. The quantitative estimate of drug-likeness (QED) is 0.339. The van der Waals surface area contributed by atoms with Gasteiger partial charge in [-0.25, -0.2) is 0 Å². The maximum absolute atomic E-state index is 13.4. The molecule has 0 radical (unpaired) electrons. The van der Waals surface area contributed by atoms with Crippen molar-refractivity contribution in [2.24, 2.45) is 0 Å². The molecule has 2 aromatic carbocycles. The molecule has 0 saturated carbocycles. The summed E-state index contributed by atoms with van der Waals surface area (Å²) in [7, 11) is 1.23. The first-order valence-corrected chi connectivity index (χ1v) is 13.4. The van der Waals surface area contributed by atoms with E-state index >= 15 is 0 Å². The molecule has 2 N–H and O–H groups in total. The standard InChI is InChI=1S/C27H27Cl2F6N3O3/c1-38(25(41)16-12-17(26(30,31)32)14-18(13-16)27(33,34)35)19(10-15-5-7-20(28)21(29)11-15)6-8-23(39)37-22-4-2-3-9-36-24(22)40/h5,7,11-14,19,22H,2-4,6,8-10H2,1H3,(H,36,40)(H,37,39)/t19-,22+/m0/s1. The normalized spacial score (nSPS) is 16.9. The van der Waals surface area contributed by atoms with Crippen LogP contribution in [0.25, 0.3) is 0 Å². The van der Waals surface area contributed by atoms with Crippen molar-refractivity contribution >= 4 is 40.9 Å².